The van der Waals surface area contributed by atoms with Crippen molar-refractivity contribution < 1.29 is 23.0 Å². The van der Waals surface area contributed by atoms with Crippen molar-refractivity contribution in [2.45, 2.75) is 25.3 Å². The SMILES string of the molecule is CN(CCOC(F)(F)F)CC1CC(O)C1. The summed E-state index contributed by atoms with van der Waals surface area (Å²) in [6.07, 6.45) is -3.24. The molecule has 0 radical (unpaired) electrons. The minimum absolute atomic E-state index is 0.213. The Labute approximate surface area is 86.8 Å². The van der Waals surface area contributed by atoms with E-state index in [2.05, 4.69) is 4.74 Å². The van der Waals surface area contributed by atoms with Gasteiger partial charge in [-0.3, -0.25) is 4.74 Å². The lowest BCUT2D eigenvalue weighted by Gasteiger charge is -2.34. The summed E-state index contributed by atoms with van der Waals surface area (Å²) in [5, 5.41) is 9.02. The first-order valence-corrected chi connectivity index (χ1v) is 4.94. The van der Waals surface area contributed by atoms with Crippen molar-refractivity contribution in [3.63, 3.8) is 0 Å². The molecule has 0 amide bonds. The third-order valence-electron chi connectivity index (χ3n) is 2.52. The van der Waals surface area contributed by atoms with E-state index in [0.29, 0.717) is 5.92 Å². The molecule has 6 heteroatoms. The van der Waals surface area contributed by atoms with Crippen LogP contribution in [0.5, 0.6) is 0 Å². The van der Waals surface area contributed by atoms with Gasteiger partial charge < -0.3 is 10.0 Å². The molecule has 0 spiro atoms. The molecule has 0 bridgehead atoms. The number of nitrogens with zero attached hydrogens (tertiary/aromatic N) is 1. The van der Waals surface area contributed by atoms with Gasteiger partial charge in [-0.05, 0) is 25.8 Å². The predicted octanol–water partition coefficient (Wildman–Crippen LogP) is 1.23. The summed E-state index contributed by atoms with van der Waals surface area (Å²) < 4.78 is 38.5. The Hall–Kier alpha value is -0.330. The van der Waals surface area contributed by atoms with Crippen LogP contribution in [0.4, 0.5) is 13.2 Å². The van der Waals surface area contributed by atoms with Gasteiger partial charge in [0.15, 0.2) is 0 Å². The summed E-state index contributed by atoms with van der Waals surface area (Å²) in [7, 11) is 1.75. The van der Waals surface area contributed by atoms with Crippen LogP contribution in [0.25, 0.3) is 0 Å². The number of rotatable bonds is 5. The molecular formula is C9H16F3NO2. The monoisotopic (exact) mass is 227 g/mol. The number of ether oxygens (including phenoxy) is 1. The summed E-state index contributed by atoms with van der Waals surface area (Å²) in [6, 6.07) is 0. The molecule has 0 aromatic carbocycles. The van der Waals surface area contributed by atoms with E-state index in [1.54, 1.807) is 11.9 Å². The van der Waals surface area contributed by atoms with Crippen LogP contribution in [0.1, 0.15) is 12.8 Å². The van der Waals surface area contributed by atoms with E-state index in [1.165, 1.54) is 0 Å². The molecule has 0 heterocycles. The van der Waals surface area contributed by atoms with E-state index in [1.807, 2.05) is 0 Å². The molecular weight excluding hydrogens is 211 g/mol. The standard InChI is InChI=1S/C9H16F3NO2/c1-13(2-3-15-9(10,11)12)6-7-4-8(14)5-7/h7-8,14H,2-6H2,1H3. The Morgan fingerprint density at radius 2 is 2.00 bits per heavy atom. The molecule has 0 aromatic heterocycles. The van der Waals surface area contributed by atoms with Crippen molar-refractivity contribution in [3.8, 4) is 0 Å². The van der Waals surface area contributed by atoms with Crippen molar-refractivity contribution >= 4 is 0 Å². The Bertz CT molecular complexity index is 192. The van der Waals surface area contributed by atoms with Crippen molar-refractivity contribution in [3.05, 3.63) is 0 Å². The highest BCUT2D eigenvalue weighted by Crippen LogP contribution is 2.27. The number of aliphatic hydroxyl groups excluding tert-OH is 1. The summed E-state index contributed by atoms with van der Waals surface area (Å²) in [5.74, 6) is 0.413. The van der Waals surface area contributed by atoms with E-state index in [4.69, 9.17) is 5.11 Å². The number of halogens is 3. The maximum Gasteiger partial charge on any atom is 0.522 e. The predicted molar refractivity (Wildman–Crippen MR) is 48.2 cm³/mol. The number of alkyl halides is 3. The zero-order valence-electron chi connectivity index (χ0n) is 8.63. The van der Waals surface area contributed by atoms with E-state index in [9.17, 15) is 13.2 Å². The Balaban J connectivity index is 2.01. The van der Waals surface area contributed by atoms with Gasteiger partial charge in [-0.1, -0.05) is 0 Å². The number of aliphatic hydroxyl groups is 1. The van der Waals surface area contributed by atoms with Crippen LogP contribution in [0, 0.1) is 5.92 Å². The van der Waals surface area contributed by atoms with Crippen LogP contribution < -0.4 is 0 Å². The highest BCUT2D eigenvalue weighted by atomic mass is 19.4. The van der Waals surface area contributed by atoms with Gasteiger partial charge in [0.2, 0.25) is 0 Å². The minimum atomic E-state index is -4.53. The lowest BCUT2D eigenvalue weighted by atomic mass is 9.82. The molecule has 3 nitrogen and oxygen atoms in total. The summed E-state index contributed by atoms with van der Waals surface area (Å²) in [6.45, 7) is 0.639. The highest BCUT2D eigenvalue weighted by Gasteiger charge is 2.30. The van der Waals surface area contributed by atoms with Crippen molar-refractivity contribution in [2.24, 2.45) is 5.92 Å². The summed E-state index contributed by atoms with van der Waals surface area (Å²) in [4.78, 5) is 1.79. The Morgan fingerprint density at radius 1 is 1.40 bits per heavy atom. The van der Waals surface area contributed by atoms with Gasteiger partial charge in [0, 0.05) is 13.1 Å². The second-order valence-corrected chi connectivity index (χ2v) is 4.05. The fourth-order valence-corrected chi connectivity index (χ4v) is 1.70. The van der Waals surface area contributed by atoms with Gasteiger partial charge >= 0.3 is 6.36 Å². The van der Waals surface area contributed by atoms with Crippen molar-refractivity contribution in [1.82, 2.24) is 4.90 Å². The number of hydrogen-bond donors (Lipinski definition) is 1. The molecule has 0 unspecified atom stereocenters. The fraction of sp³-hybridized carbons (Fsp3) is 1.00. The molecule has 0 aliphatic heterocycles. The molecule has 1 rings (SSSR count). The molecule has 1 N–H and O–H groups in total. The van der Waals surface area contributed by atoms with Crippen molar-refractivity contribution in [1.29, 1.82) is 0 Å². The molecule has 1 fully saturated rings. The van der Waals surface area contributed by atoms with E-state index < -0.39 is 6.36 Å². The topological polar surface area (TPSA) is 32.7 Å². The third-order valence-corrected chi connectivity index (χ3v) is 2.52. The molecule has 15 heavy (non-hydrogen) atoms. The van der Waals surface area contributed by atoms with Crippen LogP contribution >= 0.6 is 0 Å². The maximum absolute atomic E-state index is 11.6. The van der Waals surface area contributed by atoms with Gasteiger partial charge in [-0.2, -0.15) is 0 Å². The molecule has 0 aromatic rings. The largest absolute Gasteiger partial charge is 0.522 e. The first-order valence-electron chi connectivity index (χ1n) is 4.94. The lowest BCUT2D eigenvalue weighted by Crippen LogP contribution is -2.38. The quantitative estimate of drug-likeness (QED) is 0.766. The Kier molecular flexibility index (Phi) is 4.36. The average Bonchev–Trinajstić information content (AvgIpc) is 1.98. The summed E-state index contributed by atoms with van der Waals surface area (Å²) in [5.41, 5.74) is 0. The van der Waals surface area contributed by atoms with Crippen LogP contribution in [0.2, 0.25) is 0 Å². The molecule has 1 aliphatic rings. The van der Waals surface area contributed by atoms with Gasteiger partial charge in [0.1, 0.15) is 0 Å². The zero-order valence-corrected chi connectivity index (χ0v) is 8.63. The Morgan fingerprint density at radius 3 is 2.47 bits per heavy atom. The lowest BCUT2D eigenvalue weighted by molar-refractivity contribution is -0.324. The van der Waals surface area contributed by atoms with E-state index >= 15 is 0 Å². The van der Waals surface area contributed by atoms with Gasteiger partial charge in [-0.25, -0.2) is 0 Å². The zero-order chi connectivity index (χ0) is 11.5. The molecule has 0 saturated heterocycles. The fourth-order valence-electron chi connectivity index (χ4n) is 1.70. The maximum atomic E-state index is 11.6. The highest BCUT2D eigenvalue weighted by molar-refractivity contribution is 4.80. The molecule has 1 saturated carbocycles. The van der Waals surface area contributed by atoms with Crippen LogP contribution in [0.15, 0.2) is 0 Å². The van der Waals surface area contributed by atoms with Crippen molar-refractivity contribution in [2.75, 3.05) is 26.7 Å². The van der Waals surface area contributed by atoms with E-state index in [0.717, 1.165) is 19.4 Å². The molecule has 1 aliphatic carbocycles. The molecule has 90 valence electrons. The van der Waals surface area contributed by atoms with Gasteiger partial charge in [-0.15, -0.1) is 13.2 Å². The number of likely N-dealkylation sites (N-methyl/N-ethyl adjacent to an activating group) is 1. The number of hydrogen-bond acceptors (Lipinski definition) is 3. The van der Waals surface area contributed by atoms with Crippen LogP contribution in [-0.2, 0) is 4.74 Å². The van der Waals surface area contributed by atoms with E-state index in [-0.39, 0.29) is 19.3 Å². The second kappa shape index (κ2) is 5.14. The van der Waals surface area contributed by atoms with Crippen LogP contribution in [0.3, 0.4) is 0 Å². The third kappa shape index (κ3) is 5.34. The second-order valence-electron chi connectivity index (χ2n) is 4.05. The normalized spacial score (nSPS) is 26.8. The molecule has 0 atom stereocenters. The first kappa shape index (κ1) is 12.7. The van der Waals surface area contributed by atoms with Gasteiger partial charge in [0.05, 0.1) is 12.7 Å². The smallest absolute Gasteiger partial charge is 0.393 e. The first-order chi connectivity index (χ1) is 6.87. The summed E-state index contributed by atoms with van der Waals surface area (Å²) >= 11 is 0. The van der Waals surface area contributed by atoms with Gasteiger partial charge in [0.25, 0.3) is 0 Å². The average molecular weight is 227 g/mol. The van der Waals surface area contributed by atoms with Crippen LogP contribution in [-0.4, -0.2) is 49.2 Å². The minimum Gasteiger partial charge on any atom is -0.393 e.